The molecule has 0 amide bonds. The molecule has 60 valence electrons. The molecule has 0 rings (SSSR count). The summed E-state index contributed by atoms with van der Waals surface area (Å²) in [4.78, 5) is 18.8. The Hall–Kier alpha value is -0.830. The van der Waals surface area contributed by atoms with Crippen LogP contribution in [0.5, 0.6) is 0 Å². The van der Waals surface area contributed by atoms with E-state index in [1.165, 1.54) is 0 Å². The van der Waals surface area contributed by atoms with E-state index in [4.69, 9.17) is 0 Å². The number of hydrogen-bond donors (Lipinski definition) is 0. The second-order valence-corrected chi connectivity index (χ2v) is 1.22. The molecule has 10 heavy (non-hydrogen) atoms. The number of hydrogen-bond acceptors (Lipinski definition) is 3. The Morgan fingerprint density at radius 3 is 2.20 bits per heavy atom. The topological polar surface area (TPSA) is 35.5 Å². The second-order valence-electron chi connectivity index (χ2n) is 1.22. The molecule has 0 spiro atoms. The highest BCUT2D eigenvalue weighted by molar-refractivity contribution is 5.68. The quantitative estimate of drug-likeness (QED) is 0.345. The van der Waals surface area contributed by atoms with Crippen LogP contribution in [0.15, 0.2) is 13.2 Å². The van der Waals surface area contributed by atoms with E-state index in [2.05, 4.69) is 22.9 Å². The van der Waals surface area contributed by atoms with Gasteiger partial charge in [-0.1, -0.05) is 6.92 Å². The number of rotatable bonds is 3. The van der Waals surface area contributed by atoms with Gasteiger partial charge < -0.3 is 0 Å². The SMILES string of the molecule is C=C.CCOOC(=O)CC. The van der Waals surface area contributed by atoms with Gasteiger partial charge in [0.2, 0.25) is 0 Å². The zero-order valence-electron chi connectivity index (χ0n) is 6.55. The van der Waals surface area contributed by atoms with Crippen LogP contribution in [-0.4, -0.2) is 12.6 Å². The van der Waals surface area contributed by atoms with Crippen LogP contribution in [-0.2, 0) is 14.6 Å². The Balaban J connectivity index is 0. The molecule has 0 aliphatic carbocycles. The van der Waals surface area contributed by atoms with E-state index in [1.54, 1.807) is 13.8 Å². The van der Waals surface area contributed by atoms with Gasteiger partial charge in [-0.3, -0.25) is 4.89 Å². The molecule has 0 radical (unpaired) electrons. The zero-order chi connectivity index (χ0) is 8.41. The first-order chi connectivity index (χ1) is 4.81. The maximum Gasteiger partial charge on any atom is 0.342 e. The molecule has 3 nitrogen and oxygen atoms in total. The summed E-state index contributed by atoms with van der Waals surface area (Å²) in [5.74, 6) is -0.327. The van der Waals surface area contributed by atoms with Crippen molar-refractivity contribution in [2.45, 2.75) is 20.3 Å². The van der Waals surface area contributed by atoms with Crippen LogP contribution in [0.25, 0.3) is 0 Å². The van der Waals surface area contributed by atoms with Crippen LogP contribution < -0.4 is 0 Å². The molecule has 0 saturated heterocycles. The Bertz CT molecular complexity index is 80.9. The van der Waals surface area contributed by atoms with Crippen LogP contribution in [0.4, 0.5) is 0 Å². The minimum absolute atomic E-state index is 0.327. The molecule has 0 aromatic heterocycles. The van der Waals surface area contributed by atoms with Crippen LogP contribution in [0.1, 0.15) is 20.3 Å². The fourth-order valence-electron chi connectivity index (χ4n) is 0.184. The zero-order valence-corrected chi connectivity index (χ0v) is 6.55. The van der Waals surface area contributed by atoms with Crippen molar-refractivity contribution >= 4 is 5.97 Å². The molecule has 0 fully saturated rings. The van der Waals surface area contributed by atoms with Gasteiger partial charge in [0.05, 0.1) is 6.61 Å². The smallest absolute Gasteiger partial charge is 0.298 e. The number of carbonyl (C=O) groups is 1. The fraction of sp³-hybridized carbons (Fsp3) is 0.571. The summed E-state index contributed by atoms with van der Waals surface area (Å²) in [5, 5.41) is 0. The lowest BCUT2D eigenvalue weighted by Gasteiger charge is -1.95. The van der Waals surface area contributed by atoms with Gasteiger partial charge in [0.15, 0.2) is 0 Å². The van der Waals surface area contributed by atoms with Gasteiger partial charge in [-0.25, -0.2) is 4.79 Å². The van der Waals surface area contributed by atoms with Gasteiger partial charge in [0.1, 0.15) is 0 Å². The summed E-state index contributed by atoms with van der Waals surface area (Å²) in [5.41, 5.74) is 0. The molecule has 0 saturated carbocycles. The maximum absolute atomic E-state index is 10.2. The summed E-state index contributed by atoms with van der Waals surface area (Å²) in [6, 6.07) is 0. The van der Waals surface area contributed by atoms with Gasteiger partial charge >= 0.3 is 5.97 Å². The van der Waals surface area contributed by atoms with Crippen molar-refractivity contribution in [2.24, 2.45) is 0 Å². The first-order valence-electron chi connectivity index (χ1n) is 3.13. The average Bonchev–Trinajstić information content (AvgIpc) is 2.04. The van der Waals surface area contributed by atoms with Gasteiger partial charge in [0.25, 0.3) is 0 Å². The van der Waals surface area contributed by atoms with E-state index in [-0.39, 0.29) is 5.97 Å². The lowest BCUT2D eigenvalue weighted by molar-refractivity contribution is -0.269. The summed E-state index contributed by atoms with van der Waals surface area (Å²) in [6.07, 6.45) is 0.361. The molecule has 0 unspecified atom stereocenters. The lowest BCUT2D eigenvalue weighted by atomic mass is 10.5. The van der Waals surface area contributed by atoms with E-state index >= 15 is 0 Å². The predicted molar refractivity (Wildman–Crippen MR) is 39.3 cm³/mol. The van der Waals surface area contributed by atoms with E-state index in [9.17, 15) is 4.79 Å². The third kappa shape index (κ3) is 10.2. The molecule has 3 heteroatoms. The van der Waals surface area contributed by atoms with Crippen molar-refractivity contribution in [3.8, 4) is 0 Å². The Kier molecular flexibility index (Phi) is 13.1. The maximum atomic E-state index is 10.2. The molecule has 0 aliphatic heterocycles. The first kappa shape index (κ1) is 11.9. The van der Waals surface area contributed by atoms with E-state index in [0.29, 0.717) is 13.0 Å². The highest BCUT2D eigenvalue weighted by atomic mass is 17.2. The van der Waals surface area contributed by atoms with Crippen molar-refractivity contribution in [3.05, 3.63) is 13.2 Å². The van der Waals surface area contributed by atoms with Gasteiger partial charge in [-0.2, -0.15) is 4.89 Å². The summed E-state index contributed by atoms with van der Waals surface area (Å²) in [7, 11) is 0. The molecule has 0 aliphatic rings. The number of carbonyl (C=O) groups excluding carboxylic acids is 1. The highest BCUT2D eigenvalue weighted by Crippen LogP contribution is 1.83. The van der Waals surface area contributed by atoms with Crippen LogP contribution >= 0.6 is 0 Å². The van der Waals surface area contributed by atoms with Crippen LogP contribution in [0, 0.1) is 0 Å². The third-order valence-corrected chi connectivity index (χ3v) is 0.558. The lowest BCUT2D eigenvalue weighted by Crippen LogP contribution is -2.02. The van der Waals surface area contributed by atoms with Crippen LogP contribution in [0.3, 0.4) is 0 Å². The van der Waals surface area contributed by atoms with Crippen molar-refractivity contribution in [1.29, 1.82) is 0 Å². The monoisotopic (exact) mass is 146 g/mol. The Morgan fingerprint density at radius 1 is 1.40 bits per heavy atom. The largest absolute Gasteiger partial charge is 0.342 e. The van der Waals surface area contributed by atoms with Crippen molar-refractivity contribution < 1.29 is 14.6 Å². The normalized spacial score (nSPS) is 7.40. The van der Waals surface area contributed by atoms with Crippen molar-refractivity contribution in [3.63, 3.8) is 0 Å². The van der Waals surface area contributed by atoms with Gasteiger partial charge in [-0.15, -0.1) is 13.2 Å². The van der Waals surface area contributed by atoms with E-state index < -0.39 is 0 Å². The molecule has 0 heterocycles. The molecular weight excluding hydrogens is 132 g/mol. The van der Waals surface area contributed by atoms with Crippen LogP contribution in [0.2, 0.25) is 0 Å². The predicted octanol–water partition coefficient (Wildman–Crippen LogP) is 1.69. The first-order valence-corrected chi connectivity index (χ1v) is 3.13. The average molecular weight is 146 g/mol. The minimum atomic E-state index is -0.327. The molecule has 0 aromatic carbocycles. The molecule has 0 atom stereocenters. The van der Waals surface area contributed by atoms with Crippen molar-refractivity contribution in [1.82, 2.24) is 0 Å². The van der Waals surface area contributed by atoms with Gasteiger partial charge in [0, 0.05) is 6.42 Å². The third-order valence-electron chi connectivity index (χ3n) is 0.558. The van der Waals surface area contributed by atoms with Crippen molar-refractivity contribution in [2.75, 3.05) is 6.61 Å². The van der Waals surface area contributed by atoms with E-state index in [1.807, 2.05) is 0 Å². The molecular formula is C7H14O3. The summed E-state index contributed by atoms with van der Waals surface area (Å²) >= 11 is 0. The van der Waals surface area contributed by atoms with E-state index in [0.717, 1.165) is 0 Å². The molecule has 0 bridgehead atoms. The Labute approximate surface area is 61.6 Å². The highest BCUT2D eigenvalue weighted by Gasteiger charge is 1.95. The minimum Gasteiger partial charge on any atom is -0.298 e. The summed E-state index contributed by atoms with van der Waals surface area (Å²) < 4.78 is 0. The standard InChI is InChI=1S/C5H10O3.C2H4/c1-3-5(6)8-7-4-2;1-2/h3-4H2,1-2H3;1-2H2. The molecule has 0 aromatic rings. The summed E-state index contributed by atoms with van der Waals surface area (Å²) in [6.45, 7) is 9.87. The Morgan fingerprint density at radius 2 is 1.90 bits per heavy atom. The second kappa shape index (κ2) is 11.0. The fourth-order valence-corrected chi connectivity index (χ4v) is 0.184. The van der Waals surface area contributed by atoms with Gasteiger partial charge in [-0.05, 0) is 6.92 Å². The molecule has 0 N–H and O–H groups in total.